The lowest BCUT2D eigenvalue weighted by Gasteiger charge is -2.31. The largest absolute Gasteiger partial charge is 0.351 e. The van der Waals surface area contributed by atoms with Crippen molar-refractivity contribution < 1.29 is 4.79 Å². The number of aromatic nitrogens is 1. The van der Waals surface area contributed by atoms with Gasteiger partial charge in [-0.15, -0.1) is 0 Å². The molecule has 0 aliphatic heterocycles. The van der Waals surface area contributed by atoms with Crippen molar-refractivity contribution in [3.05, 3.63) is 36.0 Å². The zero-order chi connectivity index (χ0) is 13.9. The zero-order valence-electron chi connectivity index (χ0n) is 11.5. The monoisotopic (exact) mass is 259 g/mol. The number of nitrogens with two attached hydrogens (primary N) is 1. The van der Waals surface area contributed by atoms with Crippen LogP contribution in [-0.2, 0) is 0 Å². The van der Waals surface area contributed by atoms with Crippen LogP contribution in [0.2, 0.25) is 0 Å². The summed E-state index contributed by atoms with van der Waals surface area (Å²) in [5.41, 5.74) is 7.05. The lowest BCUT2D eigenvalue weighted by molar-refractivity contribution is 0.0891. The number of nitrogens with one attached hydrogen (secondary N) is 2. The number of para-hydroxylation sites is 1. The van der Waals surface area contributed by atoms with Crippen LogP contribution in [0.1, 0.15) is 37.2 Å². The van der Waals surface area contributed by atoms with E-state index < -0.39 is 0 Å². The van der Waals surface area contributed by atoms with E-state index in [0.29, 0.717) is 12.2 Å². The Hall–Kier alpha value is -1.81. The number of benzene rings is 1. The summed E-state index contributed by atoms with van der Waals surface area (Å²) < 4.78 is 0. The third-order valence-corrected chi connectivity index (χ3v) is 3.90. The van der Waals surface area contributed by atoms with E-state index in [9.17, 15) is 4.79 Å². The highest BCUT2D eigenvalue weighted by molar-refractivity contribution is 5.98. The SMILES string of the molecule is CCC(CC)(CN)NC(=O)c1cc2ccccc2[nH]1. The summed E-state index contributed by atoms with van der Waals surface area (Å²) in [7, 11) is 0. The quantitative estimate of drug-likeness (QED) is 0.771. The van der Waals surface area contributed by atoms with Crippen LogP contribution in [0.4, 0.5) is 0 Å². The molecule has 0 aliphatic carbocycles. The minimum Gasteiger partial charge on any atom is -0.351 e. The van der Waals surface area contributed by atoms with Gasteiger partial charge >= 0.3 is 0 Å². The lowest BCUT2D eigenvalue weighted by atomic mass is 9.93. The summed E-state index contributed by atoms with van der Waals surface area (Å²) in [6.45, 7) is 4.54. The number of amides is 1. The van der Waals surface area contributed by atoms with Gasteiger partial charge in [0.1, 0.15) is 5.69 Å². The Morgan fingerprint density at radius 2 is 2.00 bits per heavy atom. The Balaban J connectivity index is 2.24. The van der Waals surface area contributed by atoms with Gasteiger partial charge in [-0.1, -0.05) is 32.0 Å². The van der Waals surface area contributed by atoms with Crippen molar-refractivity contribution in [3.8, 4) is 0 Å². The average molecular weight is 259 g/mol. The van der Waals surface area contributed by atoms with E-state index in [1.807, 2.05) is 44.2 Å². The first-order chi connectivity index (χ1) is 9.14. The first kappa shape index (κ1) is 13.6. The zero-order valence-corrected chi connectivity index (χ0v) is 11.5. The fourth-order valence-corrected chi connectivity index (χ4v) is 2.27. The van der Waals surface area contributed by atoms with E-state index in [1.54, 1.807) is 0 Å². The molecular weight excluding hydrogens is 238 g/mol. The number of hydrogen-bond acceptors (Lipinski definition) is 2. The van der Waals surface area contributed by atoms with Gasteiger partial charge in [-0.3, -0.25) is 4.79 Å². The van der Waals surface area contributed by atoms with E-state index in [4.69, 9.17) is 5.73 Å². The van der Waals surface area contributed by atoms with Crippen LogP contribution in [0.15, 0.2) is 30.3 Å². The molecule has 4 heteroatoms. The number of fused-ring (bicyclic) bond motifs is 1. The molecule has 0 aliphatic rings. The third kappa shape index (κ3) is 2.63. The molecule has 1 aromatic heterocycles. The number of H-pyrrole nitrogens is 1. The van der Waals surface area contributed by atoms with Gasteiger partial charge < -0.3 is 16.0 Å². The highest BCUT2D eigenvalue weighted by atomic mass is 16.2. The van der Waals surface area contributed by atoms with Gasteiger partial charge in [0.2, 0.25) is 0 Å². The second kappa shape index (κ2) is 5.45. The standard InChI is InChI=1S/C15H21N3O/c1-3-15(4-2,10-16)18-14(19)13-9-11-7-5-6-8-12(11)17-13/h5-9,17H,3-4,10,16H2,1-2H3,(H,18,19). The number of hydrogen-bond donors (Lipinski definition) is 3. The summed E-state index contributed by atoms with van der Waals surface area (Å²) >= 11 is 0. The molecule has 2 rings (SSSR count). The fraction of sp³-hybridized carbons (Fsp3) is 0.400. The molecule has 1 aromatic carbocycles. The molecule has 0 saturated carbocycles. The molecule has 0 unspecified atom stereocenters. The predicted octanol–water partition coefficient (Wildman–Crippen LogP) is 2.42. The van der Waals surface area contributed by atoms with Crippen LogP contribution in [-0.4, -0.2) is 23.0 Å². The molecule has 0 saturated heterocycles. The van der Waals surface area contributed by atoms with Crippen LogP contribution >= 0.6 is 0 Å². The summed E-state index contributed by atoms with van der Waals surface area (Å²) in [4.78, 5) is 15.4. The fourth-order valence-electron chi connectivity index (χ4n) is 2.27. The van der Waals surface area contributed by atoms with E-state index >= 15 is 0 Å². The molecule has 19 heavy (non-hydrogen) atoms. The Morgan fingerprint density at radius 1 is 1.32 bits per heavy atom. The van der Waals surface area contributed by atoms with Gasteiger partial charge in [-0.25, -0.2) is 0 Å². The molecule has 4 nitrogen and oxygen atoms in total. The second-order valence-electron chi connectivity index (χ2n) is 4.92. The molecule has 0 bridgehead atoms. The predicted molar refractivity (Wildman–Crippen MR) is 78.1 cm³/mol. The van der Waals surface area contributed by atoms with Gasteiger partial charge in [0.15, 0.2) is 0 Å². The summed E-state index contributed by atoms with van der Waals surface area (Å²) in [6, 6.07) is 9.72. The summed E-state index contributed by atoms with van der Waals surface area (Å²) in [5.74, 6) is -0.0923. The van der Waals surface area contributed by atoms with Gasteiger partial charge in [0.25, 0.3) is 5.91 Å². The van der Waals surface area contributed by atoms with E-state index in [2.05, 4.69) is 10.3 Å². The van der Waals surface area contributed by atoms with Gasteiger partial charge in [-0.2, -0.15) is 0 Å². The first-order valence-electron chi connectivity index (χ1n) is 6.74. The lowest BCUT2D eigenvalue weighted by Crippen LogP contribution is -2.52. The maximum atomic E-state index is 12.3. The van der Waals surface area contributed by atoms with Crippen LogP contribution < -0.4 is 11.1 Å². The molecule has 2 aromatic rings. The number of rotatable bonds is 5. The molecule has 4 N–H and O–H groups in total. The first-order valence-corrected chi connectivity index (χ1v) is 6.74. The van der Waals surface area contributed by atoms with E-state index in [-0.39, 0.29) is 11.4 Å². The van der Waals surface area contributed by atoms with Crippen molar-refractivity contribution in [1.82, 2.24) is 10.3 Å². The third-order valence-electron chi connectivity index (χ3n) is 3.90. The Bertz CT molecular complexity index is 528. The normalized spacial score (nSPS) is 11.7. The van der Waals surface area contributed by atoms with Crippen molar-refractivity contribution in [1.29, 1.82) is 0 Å². The van der Waals surface area contributed by atoms with Crippen LogP contribution in [0, 0.1) is 0 Å². The van der Waals surface area contributed by atoms with Crippen molar-refractivity contribution in [3.63, 3.8) is 0 Å². The minimum atomic E-state index is -0.311. The maximum absolute atomic E-state index is 12.3. The van der Waals surface area contributed by atoms with Crippen LogP contribution in [0.25, 0.3) is 10.9 Å². The second-order valence-corrected chi connectivity index (χ2v) is 4.92. The molecule has 102 valence electrons. The minimum absolute atomic E-state index is 0.0923. The molecule has 0 atom stereocenters. The summed E-state index contributed by atoms with van der Waals surface area (Å²) in [6.07, 6.45) is 1.65. The molecule has 0 radical (unpaired) electrons. The van der Waals surface area contributed by atoms with Crippen molar-refractivity contribution in [2.24, 2.45) is 5.73 Å². The Kier molecular flexibility index (Phi) is 3.90. The van der Waals surface area contributed by atoms with Crippen molar-refractivity contribution in [2.75, 3.05) is 6.54 Å². The highest BCUT2D eigenvalue weighted by Crippen LogP contribution is 2.17. The van der Waals surface area contributed by atoms with E-state index in [1.165, 1.54) is 0 Å². The van der Waals surface area contributed by atoms with Crippen molar-refractivity contribution in [2.45, 2.75) is 32.2 Å². The molecule has 0 fully saturated rings. The van der Waals surface area contributed by atoms with Crippen molar-refractivity contribution >= 4 is 16.8 Å². The average Bonchev–Trinajstić information content (AvgIpc) is 2.89. The topological polar surface area (TPSA) is 70.9 Å². The number of carbonyl (C=O) groups is 1. The van der Waals surface area contributed by atoms with Crippen LogP contribution in [0.3, 0.4) is 0 Å². The molecular formula is C15H21N3O. The number of carbonyl (C=O) groups excluding carboxylic acids is 1. The number of aromatic amines is 1. The molecule has 0 spiro atoms. The van der Waals surface area contributed by atoms with Crippen LogP contribution in [0.5, 0.6) is 0 Å². The van der Waals surface area contributed by atoms with Gasteiger partial charge in [0.05, 0.1) is 5.54 Å². The van der Waals surface area contributed by atoms with Gasteiger partial charge in [0, 0.05) is 17.4 Å². The Labute approximate surface area is 113 Å². The summed E-state index contributed by atoms with van der Waals surface area (Å²) in [5, 5.41) is 4.10. The maximum Gasteiger partial charge on any atom is 0.268 e. The van der Waals surface area contributed by atoms with E-state index in [0.717, 1.165) is 23.7 Å². The highest BCUT2D eigenvalue weighted by Gasteiger charge is 2.27. The molecule has 1 amide bonds. The molecule has 1 heterocycles. The Morgan fingerprint density at radius 3 is 2.58 bits per heavy atom. The van der Waals surface area contributed by atoms with Gasteiger partial charge in [-0.05, 0) is 25.0 Å². The smallest absolute Gasteiger partial charge is 0.268 e.